The molecule has 0 saturated carbocycles. The number of rotatable bonds is 8. The lowest BCUT2D eigenvalue weighted by Gasteiger charge is -2.15. The van der Waals surface area contributed by atoms with E-state index < -0.39 is 20.0 Å². The molecule has 0 atom stereocenters. The van der Waals surface area contributed by atoms with Crippen molar-refractivity contribution < 1.29 is 21.6 Å². The van der Waals surface area contributed by atoms with Crippen LogP contribution in [-0.4, -0.2) is 23.1 Å². The third-order valence-corrected chi connectivity index (χ3v) is 6.50. The first-order chi connectivity index (χ1) is 14.5. The van der Waals surface area contributed by atoms with Gasteiger partial charge in [0.15, 0.2) is 5.75 Å². The summed E-state index contributed by atoms with van der Waals surface area (Å²) < 4.78 is 59.5. The van der Waals surface area contributed by atoms with Gasteiger partial charge in [-0.3, -0.25) is 4.72 Å². The van der Waals surface area contributed by atoms with Gasteiger partial charge in [0.05, 0.1) is 21.9 Å². The Morgan fingerprint density at radius 1 is 0.871 bits per heavy atom. The Balaban J connectivity index is 1.95. The summed E-state index contributed by atoms with van der Waals surface area (Å²) in [5.74, 6) is 0.131. The molecule has 0 radical (unpaired) electrons. The summed E-state index contributed by atoms with van der Waals surface area (Å²) >= 11 is 12.0. The van der Waals surface area contributed by atoms with Crippen LogP contribution >= 0.6 is 23.2 Å². The van der Waals surface area contributed by atoms with E-state index >= 15 is 0 Å². The van der Waals surface area contributed by atoms with E-state index in [2.05, 4.69) is 9.44 Å². The Morgan fingerprint density at radius 2 is 1.58 bits per heavy atom. The third-order valence-electron chi connectivity index (χ3n) is 3.98. The Hall–Kier alpha value is -2.30. The normalized spacial score (nSPS) is 11.8. The minimum absolute atomic E-state index is 0.0442. The van der Waals surface area contributed by atoms with Crippen molar-refractivity contribution in [3.63, 3.8) is 0 Å². The van der Waals surface area contributed by atoms with Gasteiger partial charge in [-0.2, -0.15) is 0 Å². The van der Waals surface area contributed by atoms with Crippen LogP contribution in [0.3, 0.4) is 0 Å². The number of hydrogen-bond acceptors (Lipinski definition) is 5. The summed E-state index contributed by atoms with van der Waals surface area (Å²) in [7, 11) is -7.56. The lowest BCUT2D eigenvalue weighted by Crippen LogP contribution is -2.23. The van der Waals surface area contributed by atoms with E-state index in [0.29, 0.717) is 5.02 Å². The van der Waals surface area contributed by atoms with Gasteiger partial charge in [0.1, 0.15) is 5.75 Å². The van der Waals surface area contributed by atoms with Crippen molar-refractivity contribution in [2.24, 2.45) is 0 Å². The monoisotopic (exact) mass is 500 g/mol. The molecule has 11 heteroatoms. The van der Waals surface area contributed by atoms with Crippen molar-refractivity contribution in [3.05, 3.63) is 82.3 Å². The molecule has 3 rings (SSSR count). The first-order valence-electron chi connectivity index (χ1n) is 8.82. The molecule has 0 spiro atoms. The maximum absolute atomic E-state index is 12.8. The van der Waals surface area contributed by atoms with Crippen LogP contribution in [0, 0.1) is 0 Å². The average Bonchev–Trinajstić information content (AvgIpc) is 2.69. The van der Waals surface area contributed by atoms with Crippen LogP contribution in [0.1, 0.15) is 5.56 Å². The van der Waals surface area contributed by atoms with Crippen LogP contribution in [-0.2, 0) is 26.6 Å². The highest BCUT2D eigenvalue weighted by molar-refractivity contribution is 7.92. The van der Waals surface area contributed by atoms with E-state index in [1.807, 2.05) is 6.07 Å². The number of nitrogens with one attached hydrogen (secondary N) is 2. The Bertz CT molecular complexity index is 1300. The molecule has 0 aromatic heterocycles. The molecule has 3 aromatic carbocycles. The number of halogens is 2. The molecular formula is C20H18Cl2N2O5S2. The molecule has 0 heterocycles. The number of sulfonamides is 2. The fraction of sp³-hybridized carbons (Fsp3) is 0.100. The maximum Gasteiger partial charge on any atom is 0.241 e. The van der Waals surface area contributed by atoms with E-state index in [4.69, 9.17) is 27.9 Å². The van der Waals surface area contributed by atoms with Crippen molar-refractivity contribution in [1.82, 2.24) is 4.72 Å². The SMILES string of the molecule is CS(=O)(=O)Nc1ccc(S(=O)(=O)NCc2ccccc2)cc1Oc1ccc(Cl)cc1Cl. The molecule has 0 fully saturated rings. The highest BCUT2D eigenvalue weighted by Crippen LogP contribution is 2.36. The smallest absolute Gasteiger partial charge is 0.241 e. The molecule has 0 aliphatic rings. The first kappa shape index (κ1) is 23.4. The fourth-order valence-corrected chi connectivity index (χ4v) is 4.62. The highest BCUT2D eigenvalue weighted by Gasteiger charge is 2.19. The summed E-state index contributed by atoms with van der Waals surface area (Å²) in [6.07, 6.45) is 0.970. The Morgan fingerprint density at radius 3 is 2.23 bits per heavy atom. The van der Waals surface area contributed by atoms with Gasteiger partial charge in [0.2, 0.25) is 20.0 Å². The quantitative estimate of drug-likeness (QED) is 0.469. The highest BCUT2D eigenvalue weighted by atomic mass is 35.5. The zero-order chi connectivity index (χ0) is 22.6. The van der Waals surface area contributed by atoms with Gasteiger partial charge in [-0.15, -0.1) is 0 Å². The predicted molar refractivity (Wildman–Crippen MR) is 122 cm³/mol. The first-order valence-corrected chi connectivity index (χ1v) is 12.9. The topological polar surface area (TPSA) is 102 Å². The lowest BCUT2D eigenvalue weighted by atomic mass is 10.2. The second kappa shape index (κ2) is 9.46. The number of ether oxygens (including phenoxy) is 1. The third kappa shape index (κ3) is 6.59. The number of anilines is 1. The molecule has 0 bridgehead atoms. The van der Waals surface area contributed by atoms with E-state index in [-0.39, 0.29) is 33.6 Å². The number of benzene rings is 3. The molecule has 3 aromatic rings. The minimum Gasteiger partial charge on any atom is -0.454 e. The van der Waals surface area contributed by atoms with Gasteiger partial charge in [-0.05, 0) is 35.9 Å². The summed E-state index contributed by atoms with van der Waals surface area (Å²) in [6, 6.07) is 17.3. The molecular weight excluding hydrogens is 483 g/mol. The zero-order valence-corrected chi connectivity index (χ0v) is 19.3. The molecule has 0 amide bonds. The average molecular weight is 501 g/mol. The minimum atomic E-state index is -3.91. The Labute approximate surface area is 191 Å². The summed E-state index contributed by atoms with van der Waals surface area (Å²) in [4.78, 5) is -0.109. The second-order valence-electron chi connectivity index (χ2n) is 6.52. The van der Waals surface area contributed by atoms with Crippen LogP contribution < -0.4 is 14.2 Å². The van der Waals surface area contributed by atoms with Crippen LogP contribution in [0.15, 0.2) is 71.6 Å². The van der Waals surface area contributed by atoms with Crippen molar-refractivity contribution in [1.29, 1.82) is 0 Å². The Kier molecular flexibility index (Phi) is 7.13. The van der Waals surface area contributed by atoms with E-state index in [1.54, 1.807) is 24.3 Å². The lowest BCUT2D eigenvalue weighted by molar-refractivity contribution is 0.483. The molecule has 0 unspecified atom stereocenters. The second-order valence-corrected chi connectivity index (χ2v) is 10.9. The van der Waals surface area contributed by atoms with Crippen LogP contribution in [0.5, 0.6) is 11.5 Å². The standard InChI is InChI=1S/C20H18Cl2N2O5S2/c1-30(25,26)24-18-9-8-16(31(27,28)23-13-14-5-3-2-4-6-14)12-20(18)29-19-10-7-15(21)11-17(19)22/h2-12,23-24H,13H2,1H3. The molecule has 0 aliphatic carbocycles. The molecule has 0 saturated heterocycles. The van der Waals surface area contributed by atoms with Gasteiger partial charge < -0.3 is 4.74 Å². The van der Waals surface area contributed by atoms with Gasteiger partial charge in [-0.25, -0.2) is 21.6 Å². The van der Waals surface area contributed by atoms with Gasteiger partial charge in [-0.1, -0.05) is 53.5 Å². The van der Waals surface area contributed by atoms with Crippen molar-refractivity contribution in [2.75, 3.05) is 11.0 Å². The summed E-state index contributed by atoms with van der Waals surface area (Å²) in [5.41, 5.74) is 0.835. The van der Waals surface area contributed by atoms with Gasteiger partial charge >= 0.3 is 0 Å². The zero-order valence-electron chi connectivity index (χ0n) is 16.2. The summed E-state index contributed by atoms with van der Waals surface area (Å²) in [6.45, 7) is 0.0890. The van der Waals surface area contributed by atoms with Crippen LogP contribution in [0.4, 0.5) is 5.69 Å². The van der Waals surface area contributed by atoms with Crippen molar-refractivity contribution in [3.8, 4) is 11.5 Å². The van der Waals surface area contributed by atoms with Crippen molar-refractivity contribution in [2.45, 2.75) is 11.4 Å². The largest absolute Gasteiger partial charge is 0.454 e. The van der Waals surface area contributed by atoms with Gasteiger partial charge in [0.25, 0.3) is 0 Å². The molecule has 164 valence electrons. The summed E-state index contributed by atoms with van der Waals surface area (Å²) in [5, 5.41) is 0.557. The molecule has 31 heavy (non-hydrogen) atoms. The van der Waals surface area contributed by atoms with E-state index in [9.17, 15) is 16.8 Å². The van der Waals surface area contributed by atoms with Crippen LogP contribution in [0.2, 0.25) is 10.0 Å². The number of hydrogen-bond donors (Lipinski definition) is 2. The van der Waals surface area contributed by atoms with E-state index in [1.165, 1.54) is 36.4 Å². The molecule has 2 N–H and O–H groups in total. The fourth-order valence-electron chi connectivity index (χ4n) is 2.57. The maximum atomic E-state index is 12.8. The molecule has 7 nitrogen and oxygen atoms in total. The van der Waals surface area contributed by atoms with Crippen molar-refractivity contribution >= 4 is 48.9 Å². The molecule has 0 aliphatic heterocycles. The van der Waals surface area contributed by atoms with Crippen LogP contribution in [0.25, 0.3) is 0 Å². The van der Waals surface area contributed by atoms with Gasteiger partial charge in [0, 0.05) is 17.6 Å². The predicted octanol–water partition coefficient (Wildman–Crippen LogP) is 4.64. The van der Waals surface area contributed by atoms with E-state index in [0.717, 1.165) is 11.8 Å².